The van der Waals surface area contributed by atoms with Gasteiger partial charge in [0.2, 0.25) is 0 Å². The molecule has 18 heavy (non-hydrogen) atoms. The maximum Gasteiger partial charge on any atom is 0.127 e. The van der Waals surface area contributed by atoms with Crippen molar-refractivity contribution in [3.05, 3.63) is 35.4 Å². The van der Waals surface area contributed by atoms with Gasteiger partial charge in [-0.05, 0) is 23.0 Å². The maximum atomic E-state index is 14.4. The number of nitrogens with two attached hydrogens (primary N) is 1. The van der Waals surface area contributed by atoms with E-state index in [1.54, 1.807) is 0 Å². The van der Waals surface area contributed by atoms with Gasteiger partial charge in [-0.2, -0.15) is 0 Å². The Morgan fingerprint density at radius 3 is 2.06 bits per heavy atom. The standard InChI is InChI=1S/C16H26FN/c1-5-10-16(17,12-18)11-13-6-8-14(9-7-13)15(2,3)4/h6-9H,5,10-12,18H2,1-4H3. The zero-order chi connectivity index (χ0) is 13.8. The summed E-state index contributed by atoms with van der Waals surface area (Å²) in [7, 11) is 0. The molecule has 1 nitrogen and oxygen atoms in total. The third-order valence-corrected chi connectivity index (χ3v) is 3.40. The van der Waals surface area contributed by atoms with Crippen molar-refractivity contribution >= 4 is 0 Å². The molecule has 0 bridgehead atoms. The van der Waals surface area contributed by atoms with Crippen molar-refractivity contribution in [2.45, 2.75) is 58.0 Å². The first-order valence-electron chi connectivity index (χ1n) is 6.79. The van der Waals surface area contributed by atoms with E-state index >= 15 is 0 Å². The van der Waals surface area contributed by atoms with Crippen LogP contribution in [0.2, 0.25) is 0 Å². The third kappa shape index (κ3) is 4.09. The fraction of sp³-hybridized carbons (Fsp3) is 0.625. The summed E-state index contributed by atoms with van der Waals surface area (Å²) in [6, 6.07) is 8.25. The minimum Gasteiger partial charge on any atom is -0.328 e. The summed E-state index contributed by atoms with van der Waals surface area (Å²) in [6.07, 6.45) is 1.78. The van der Waals surface area contributed by atoms with E-state index in [0.717, 1.165) is 12.0 Å². The molecule has 0 radical (unpaired) electrons. The Bertz CT molecular complexity index is 364. The Balaban J connectivity index is 2.80. The highest BCUT2D eigenvalue weighted by Crippen LogP contribution is 2.26. The molecule has 1 atom stereocenters. The Morgan fingerprint density at radius 1 is 1.11 bits per heavy atom. The molecule has 0 saturated heterocycles. The summed E-state index contributed by atoms with van der Waals surface area (Å²) in [6.45, 7) is 8.63. The lowest BCUT2D eigenvalue weighted by Gasteiger charge is -2.24. The van der Waals surface area contributed by atoms with Crippen molar-refractivity contribution in [2.24, 2.45) is 5.73 Å². The predicted molar refractivity (Wildman–Crippen MR) is 76.6 cm³/mol. The molecule has 1 rings (SSSR count). The highest BCUT2D eigenvalue weighted by atomic mass is 19.1. The van der Waals surface area contributed by atoms with Crippen molar-refractivity contribution in [3.8, 4) is 0 Å². The van der Waals surface area contributed by atoms with Crippen molar-refractivity contribution in [1.29, 1.82) is 0 Å². The minimum absolute atomic E-state index is 0.0991. The normalized spacial score (nSPS) is 15.4. The van der Waals surface area contributed by atoms with Gasteiger partial charge in [0, 0.05) is 13.0 Å². The van der Waals surface area contributed by atoms with Gasteiger partial charge in [-0.3, -0.25) is 0 Å². The average molecular weight is 251 g/mol. The van der Waals surface area contributed by atoms with E-state index in [2.05, 4.69) is 32.9 Å². The monoisotopic (exact) mass is 251 g/mol. The van der Waals surface area contributed by atoms with Crippen LogP contribution in [0.1, 0.15) is 51.7 Å². The van der Waals surface area contributed by atoms with E-state index in [-0.39, 0.29) is 12.0 Å². The molecule has 0 heterocycles. The Hall–Kier alpha value is -0.890. The number of alkyl halides is 1. The van der Waals surface area contributed by atoms with Gasteiger partial charge in [0.25, 0.3) is 0 Å². The van der Waals surface area contributed by atoms with Crippen LogP contribution in [0.5, 0.6) is 0 Å². The second kappa shape index (κ2) is 5.83. The SMILES string of the molecule is CCCC(F)(CN)Cc1ccc(C(C)(C)C)cc1. The van der Waals surface area contributed by atoms with Gasteiger partial charge in [-0.25, -0.2) is 4.39 Å². The van der Waals surface area contributed by atoms with Crippen LogP contribution in [-0.2, 0) is 11.8 Å². The summed E-state index contributed by atoms with van der Waals surface area (Å²) in [5.74, 6) is 0. The molecular weight excluding hydrogens is 225 g/mol. The fourth-order valence-electron chi connectivity index (χ4n) is 2.20. The van der Waals surface area contributed by atoms with Crippen molar-refractivity contribution in [3.63, 3.8) is 0 Å². The van der Waals surface area contributed by atoms with Crippen LogP contribution >= 0.6 is 0 Å². The lowest BCUT2D eigenvalue weighted by Crippen LogP contribution is -2.35. The first kappa shape index (κ1) is 15.2. The molecule has 0 saturated carbocycles. The molecule has 0 aromatic heterocycles. The zero-order valence-corrected chi connectivity index (χ0v) is 12.1. The van der Waals surface area contributed by atoms with Gasteiger partial charge in [-0.1, -0.05) is 58.4 Å². The Morgan fingerprint density at radius 2 is 1.67 bits per heavy atom. The number of benzene rings is 1. The molecule has 1 aromatic rings. The third-order valence-electron chi connectivity index (χ3n) is 3.40. The smallest absolute Gasteiger partial charge is 0.127 e. The summed E-state index contributed by atoms with van der Waals surface area (Å²) in [5, 5.41) is 0. The van der Waals surface area contributed by atoms with Crippen LogP contribution in [0.15, 0.2) is 24.3 Å². The highest BCUT2D eigenvalue weighted by molar-refractivity contribution is 5.28. The van der Waals surface area contributed by atoms with Gasteiger partial charge >= 0.3 is 0 Å². The molecule has 1 unspecified atom stereocenters. The van der Waals surface area contributed by atoms with E-state index < -0.39 is 5.67 Å². The first-order valence-corrected chi connectivity index (χ1v) is 6.79. The van der Waals surface area contributed by atoms with Crippen LogP contribution in [0.4, 0.5) is 4.39 Å². The van der Waals surface area contributed by atoms with Crippen LogP contribution in [0.25, 0.3) is 0 Å². The van der Waals surface area contributed by atoms with Gasteiger partial charge in [-0.15, -0.1) is 0 Å². The minimum atomic E-state index is -1.25. The predicted octanol–water partition coefficient (Wildman–Crippen LogP) is 3.99. The van der Waals surface area contributed by atoms with E-state index in [4.69, 9.17) is 5.73 Å². The number of hydrogen-bond acceptors (Lipinski definition) is 1. The number of hydrogen-bond donors (Lipinski definition) is 1. The highest BCUT2D eigenvalue weighted by Gasteiger charge is 2.27. The quantitative estimate of drug-likeness (QED) is 0.841. The molecule has 0 spiro atoms. The molecule has 102 valence electrons. The molecule has 0 aliphatic carbocycles. The van der Waals surface area contributed by atoms with Crippen molar-refractivity contribution < 1.29 is 4.39 Å². The maximum absolute atomic E-state index is 14.4. The summed E-state index contributed by atoms with van der Waals surface area (Å²) < 4.78 is 14.4. The summed E-state index contributed by atoms with van der Waals surface area (Å²) >= 11 is 0. The fourth-order valence-corrected chi connectivity index (χ4v) is 2.20. The van der Waals surface area contributed by atoms with Crippen LogP contribution in [-0.4, -0.2) is 12.2 Å². The molecule has 2 N–H and O–H groups in total. The summed E-state index contributed by atoms with van der Waals surface area (Å²) in [4.78, 5) is 0. The number of rotatable bonds is 5. The molecule has 0 aliphatic rings. The molecule has 2 heteroatoms. The molecule has 0 fully saturated rings. The Labute approximate surface area is 111 Å². The van der Waals surface area contributed by atoms with E-state index in [0.29, 0.717) is 12.8 Å². The average Bonchev–Trinajstić information content (AvgIpc) is 2.29. The zero-order valence-electron chi connectivity index (χ0n) is 12.1. The largest absolute Gasteiger partial charge is 0.328 e. The lowest BCUT2D eigenvalue weighted by molar-refractivity contribution is 0.158. The number of halogens is 1. The Kier molecular flexibility index (Phi) is 4.92. The summed E-state index contributed by atoms with van der Waals surface area (Å²) in [5.41, 5.74) is 6.76. The van der Waals surface area contributed by atoms with Gasteiger partial charge in [0.15, 0.2) is 0 Å². The molecular formula is C16H26FN. The first-order chi connectivity index (χ1) is 8.30. The van der Waals surface area contributed by atoms with E-state index in [1.807, 2.05) is 19.1 Å². The van der Waals surface area contributed by atoms with Crippen LogP contribution in [0, 0.1) is 0 Å². The van der Waals surface area contributed by atoms with Gasteiger partial charge in [0.1, 0.15) is 5.67 Å². The molecule has 1 aromatic carbocycles. The van der Waals surface area contributed by atoms with E-state index in [1.165, 1.54) is 5.56 Å². The van der Waals surface area contributed by atoms with Crippen LogP contribution in [0.3, 0.4) is 0 Å². The molecule has 0 aliphatic heterocycles. The van der Waals surface area contributed by atoms with Gasteiger partial charge in [0.05, 0.1) is 0 Å². The van der Waals surface area contributed by atoms with E-state index in [9.17, 15) is 4.39 Å². The lowest BCUT2D eigenvalue weighted by atomic mass is 9.85. The van der Waals surface area contributed by atoms with Crippen molar-refractivity contribution in [1.82, 2.24) is 0 Å². The van der Waals surface area contributed by atoms with Gasteiger partial charge < -0.3 is 5.73 Å². The topological polar surface area (TPSA) is 26.0 Å². The second-order valence-electron chi connectivity index (χ2n) is 6.23. The second-order valence-corrected chi connectivity index (χ2v) is 6.23. The van der Waals surface area contributed by atoms with Crippen molar-refractivity contribution in [2.75, 3.05) is 6.54 Å². The molecule has 0 amide bonds. The van der Waals surface area contributed by atoms with Crippen LogP contribution < -0.4 is 5.73 Å².